The number of phenols is 2. The molecule has 32 heavy (non-hydrogen) atoms. The molecule has 0 aliphatic heterocycles. The summed E-state index contributed by atoms with van der Waals surface area (Å²) >= 11 is 0. The van der Waals surface area contributed by atoms with Crippen LogP contribution in [0.1, 0.15) is 0 Å². The molecule has 0 aliphatic carbocycles. The third-order valence-electron chi connectivity index (χ3n) is 4.75. The van der Waals surface area contributed by atoms with Crippen molar-refractivity contribution in [2.45, 2.75) is 0 Å². The first-order valence-electron chi connectivity index (χ1n) is 9.68. The summed E-state index contributed by atoms with van der Waals surface area (Å²) in [7, 11) is -8.38. The summed E-state index contributed by atoms with van der Waals surface area (Å²) in [6, 6.07) is 35.6. The fourth-order valence-corrected chi connectivity index (χ4v) is 7.93. The Labute approximate surface area is 184 Å². The van der Waals surface area contributed by atoms with Crippen LogP contribution in [-0.4, -0.2) is 17.5 Å². The zero-order valence-electron chi connectivity index (χ0n) is 16.8. The van der Waals surface area contributed by atoms with Gasteiger partial charge < -0.3 is 27.5 Å². The zero-order valence-corrected chi connectivity index (χ0v) is 17.7. The molecule has 4 aromatic rings. The Morgan fingerprint density at radius 3 is 1.22 bits per heavy atom. The lowest BCUT2D eigenvalue weighted by molar-refractivity contribution is 0.368. The minimum atomic E-state index is -6.00. The van der Waals surface area contributed by atoms with E-state index in [1.54, 1.807) is 12.1 Å². The Bertz CT molecular complexity index is 1040. The van der Waals surface area contributed by atoms with Gasteiger partial charge in [-0.25, -0.2) is 0 Å². The van der Waals surface area contributed by atoms with Gasteiger partial charge in [-0.3, -0.25) is 0 Å². The molecule has 8 heteroatoms. The molecule has 0 heterocycles. The third kappa shape index (κ3) is 5.29. The average Bonchev–Trinajstić information content (AvgIpc) is 2.78. The van der Waals surface area contributed by atoms with Crippen molar-refractivity contribution in [2.75, 3.05) is 0 Å². The number of benzene rings is 4. The van der Waals surface area contributed by atoms with Crippen molar-refractivity contribution in [1.82, 2.24) is 0 Å². The van der Waals surface area contributed by atoms with E-state index in [-0.39, 0.29) is 11.5 Å². The summed E-state index contributed by atoms with van der Waals surface area (Å²) < 4.78 is 39.0. The van der Waals surface area contributed by atoms with Crippen LogP contribution in [0.3, 0.4) is 0 Å². The van der Waals surface area contributed by atoms with Crippen LogP contribution in [0.15, 0.2) is 109 Å². The quantitative estimate of drug-likeness (QED) is 0.195. The van der Waals surface area contributed by atoms with Gasteiger partial charge in [0.15, 0.2) is 11.1 Å². The van der Waals surface area contributed by atoms with Gasteiger partial charge in [0.05, 0.1) is 0 Å². The number of hydrogen-bond donors (Lipinski definition) is 2. The molecule has 0 fully saturated rings. The van der Waals surface area contributed by atoms with E-state index >= 15 is 0 Å². The molecule has 0 spiro atoms. The maximum atomic E-state index is 10.9. The predicted octanol–water partition coefficient (Wildman–Crippen LogP) is 5.02. The third-order valence-corrected chi connectivity index (χ3v) is 9.05. The molecule has 0 bridgehead atoms. The second-order valence-corrected chi connectivity index (χ2v) is 10.2. The molecule has 0 saturated carbocycles. The van der Waals surface area contributed by atoms with Crippen molar-refractivity contribution >= 4 is 35.7 Å². The van der Waals surface area contributed by atoms with Crippen LogP contribution >= 0.6 is 7.26 Å². The van der Waals surface area contributed by atoms with Gasteiger partial charge in [-0.1, -0.05) is 54.6 Å². The molecule has 4 aromatic carbocycles. The molecule has 2 N–H and O–H groups in total. The van der Waals surface area contributed by atoms with Gasteiger partial charge in [0.2, 0.25) is 0 Å². The van der Waals surface area contributed by atoms with Crippen molar-refractivity contribution in [3.05, 3.63) is 109 Å². The van der Waals surface area contributed by atoms with E-state index in [0.29, 0.717) is 0 Å². The van der Waals surface area contributed by atoms with E-state index in [9.17, 15) is 27.5 Å². The topological polar surface area (TPSA) is 40.5 Å². The van der Waals surface area contributed by atoms with Crippen LogP contribution in [0, 0.1) is 0 Å². The molecule has 0 aromatic heterocycles. The second-order valence-electron chi connectivity index (χ2n) is 6.85. The fraction of sp³-hybridized carbons (Fsp3) is 0. The van der Waals surface area contributed by atoms with Crippen LogP contribution in [0.5, 0.6) is 11.5 Å². The van der Waals surface area contributed by atoms with E-state index in [4.69, 9.17) is 0 Å². The van der Waals surface area contributed by atoms with E-state index in [0.717, 1.165) is 21.2 Å². The highest BCUT2D eigenvalue weighted by atomic mass is 31.2. The molecular formula is C24H20BF4O2P. The van der Waals surface area contributed by atoms with Gasteiger partial charge in [-0.15, -0.1) is 0 Å². The first kappa shape index (κ1) is 23.4. The van der Waals surface area contributed by atoms with Gasteiger partial charge in [0.1, 0.15) is 28.9 Å². The molecule has 2 nitrogen and oxygen atoms in total. The molecule has 0 saturated heterocycles. The molecule has 164 valence electrons. The summed E-state index contributed by atoms with van der Waals surface area (Å²) in [6.07, 6.45) is 0. The standard InChI is InChI=1S/C24H19O2P.BF4/c25-19-16-17-23(26)24(18-19)27(20-10-4-1-5-11-20,21-12-6-2-7-13-21)22-14-8-3-9-15-22;2-1(3,4)5/h1-18H,(H-,25,26);/q;-1/p+1. The smallest absolute Gasteiger partial charge is 0.508 e. The Hall–Kier alpha value is -3.31. The molecule has 0 radical (unpaired) electrons. The monoisotopic (exact) mass is 458 g/mol. The molecule has 4 rings (SSSR count). The van der Waals surface area contributed by atoms with Crippen molar-refractivity contribution in [3.8, 4) is 11.5 Å². The van der Waals surface area contributed by atoms with Gasteiger partial charge in [0.25, 0.3) is 0 Å². The highest BCUT2D eigenvalue weighted by Crippen LogP contribution is 2.56. The minimum absolute atomic E-state index is 0.148. The first-order valence-corrected chi connectivity index (χ1v) is 11.5. The van der Waals surface area contributed by atoms with E-state index in [1.165, 1.54) is 6.07 Å². The number of phenolic OH excluding ortho intramolecular Hbond substituents is 2. The number of rotatable bonds is 4. The Morgan fingerprint density at radius 2 is 0.875 bits per heavy atom. The largest absolute Gasteiger partial charge is 0.673 e. The van der Waals surface area contributed by atoms with Gasteiger partial charge in [-0.2, -0.15) is 0 Å². The predicted molar refractivity (Wildman–Crippen MR) is 125 cm³/mol. The molecule has 0 amide bonds. The average molecular weight is 458 g/mol. The molecule has 0 unspecified atom stereocenters. The summed E-state index contributed by atoms with van der Waals surface area (Å²) in [5, 5.41) is 25.3. The lowest BCUT2D eigenvalue weighted by Gasteiger charge is -2.28. The summed E-state index contributed by atoms with van der Waals surface area (Å²) in [5.41, 5.74) is 0. The van der Waals surface area contributed by atoms with Crippen LogP contribution in [-0.2, 0) is 0 Å². The summed E-state index contributed by atoms with van der Waals surface area (Å²) in [6.45, 7) is 0. The van der Waals surface area contributed by atoms with Crippen LogP contribution < -0.4 is 21.2 Å². The van der Waals surface area contributed by atoms with Gasteiger partial charge in [-0.05, 0) is 48.5 Å². The summed E-state index contributed by atoms with van der Waals surface area (Å²) in [5.74, 6) is 0.340. The Morgan fingerprint density at radius 1 is 0.531 bits per heavy atom. The van der Waals surface area contributed by atoms with Crippen molar-refractivity contribution in [1.29, 1.82) is 0 Å². The fourth-order valence-electron chi connectivity index (χ4n) is 3.60. The summed E-state index contributed by atoms with van der Waals surface area (Å²) in [4.78, 5) is 0. The minimum Gasteiger partial charge on any atom is -0.508 e. The van der Waals surface area contributed by atoms with Crippen LogP contribution in [0.4, 0.5) is 17.3 Å². The highest BCUT2D eigenvalue weighted by Gasteiger charge is 2.49. The molecular weight excluding hydrogens is 438 g/mol. The zero-order chi connectivity index (χ0) is 23.2. The SMILES string of the molecule is F[B-](F)(F)F.Oc1ccc(O)c([P+](c2ccccc2)(c2ccccc2)c2ccccc2)c1. The Kier molecular flexibility index (Phi) is 7.21. The second kappa shape index (κ2) is 9.88. The van der Waals surface area contributed by atoms with Gasteiger partial charge in [0, 0.05) is 6.07 Å². The van der Waals surface area contributed by atoms with E-state index < -0.39 is 14.5 Å². The van der Waals surface area contributed by atoms with Crippen molar-refractivity contribution in [2.24, 2.45) is 0 Å². The van der Waals surface area contributed by atoms with Gasteiger partial charge >= 0.3 is 7.25 Å². The van der Waals surface area contributed by atoms with Crippen LogP contribution in [0.25, 0.3) is 0 Å². The van der Waals surface area contributed by atoms with Crippen molar-refractivity contribution < 1.29 is 27.5 Å². The van der Waals surface area contributed by atoms with Crippen molar-refractivity contribution in [3.63, 3.8) is 0 Å². The van der Waals surface area contributed by atoms with Crippen LogP contribution in [0.2, 0.25) is 0 Å². The maximum absolute atomic E-state index is 10.9. The number of hydrogen-bond acceptors (Lipinski definition) is 2. The maximum Gasteiger partial charge on any atom is 0.673 e. The lowest BCUT2D eigenvalue weighted by Crippen LogP contribution is -2.38. The number of aromatic hydroxyl groups is 2. The molecule has 0 aliphatic rings. The van der Waals surface area contributed by atoms with E-state index in [1.807, 2.05) is 54.6 Å². The number of halogens is 4. The normalized spacial score (nSPS) is 11.4. The molecule has 0 atom stereocenters. The van der Waals surface area contributed by atoms with E-state index in [2.05, 4.69) is 36.4 Å². The lowest BCUT2D eigenvalue weighted by atomic mass is 10.3. The first-order chi connectivity index (χ1) is 15.2. The highest BCUT2D eigenvalue weighted by molar-refractivity contribution is 8.01. The Balaban J connectivity index is 0.000000523.